The van der Waals surface area contributed by atoms with Crippen molar-refractivity contribution in [3.63, 3.8) is 0 Å². The topological polar surface area (TPSA) is 54.0 Å². The van der Waals surface area contributed by atoms with Crippen LogP contribution in [-0.4, -0.2) is 50.3 Å². The predicted molar refractivity (Wildman–Crippen MR) is 99.9 cm³/mol. The Morgan fingerprint density at radius 2 is 1.65 bits per heavy atom. The fourth-order valence-corrected chi connectivity index (χ4v) is 3.29. The van der Waals surface area contributed by atoms with Crippen LogP contribution in [0.15, 0.2) is 48.5 Å². The van der Waals surface area contributed by atoms with Gasteiger partial charge in [-0.3, -0.25) is 0 Å². The van der Waals surface area contributed by atoms with E-state index in [-0.39, 0.29) is 6.03 Å². The molecule has 2 aliphatic rings. The zero-order valence-electron chi connectivity index (χ0n) is 14.7. The molecule has 0 saturated carbocycles. The van der Waals surface area contributed by atoms with Gasteiger partial charge in [-0.2, -0.15) is 0 Å². The maximum atomic E-state index is 12.4. The van der Waals surface area contributed by atoms with Crippen molar-refractivity contribution in [1.29, 1.82) is 0 Å². The van der Waals surface area contributed by atoms with Crippen LogP contribution in [0.25, 0.3) is 0 Å². The van der Waals surface area contributed by atoms with E-state index in [1.54, 1.807) is 0 Å². The summed E-state index contributed by atoms with van der Waals surface area (Å²) in [6, 6.07) is 16.1. The van der Waals surface area contributed by atoms with Gasteiger partial charge in [-0.1, -0.05) is 24.3 Å². The van der Waals surface area contributed by atoms with Crippen LogP contribution >= 0.6 is 0 Å². The van der Waals surface area contributed by atoms with E-state index >= 15 is 0 Å². The van der Waals surface area contributed by atoms with Gasteiger partial charge in [0.15, 0.2) is 11.5 Å². The Kier molecular flexibility index (Phi) is 4.82. The van der Waals surface area contributed by atoms with Crippen LogP contribution in [0, 0.1) is 0 Å². The number of nitrogens with zero attached hydrogens (tertiary/aromatic N) is 2. The summed E-state index contributed by atoms with van der Waals surface area (Å²) >= 11 is 0. The van der Waals surface area contributed by atoms with Crippen molar-refractivity contribution >= 4 is 11.7 Å². The standard InChI is InChI=1S/C20H23N3O3/c24-20(21-15-16-6-7-18-19(14-16)26-13-12-25-18)23-10-8-22(9-11-23)17-4-2-1-3-5-17/h1-7,14H,8-13,15H2,(H,21,24). The lowest BCUT2D eigenvalue weighted by Gasteiger charge is -2.36. The van der Waals surface area contributed by atoms with Gasteiger partial charge in [0.05, 0.1) is 0 Å². The molecule has 1 N–H and O–H groups in total. The molecule has 2 amide bonds. The minimum atomic E-state index is -0.0207. The molecule has 6 nitrogen and oxygen atoms in total. The molecule has 0 bridgehead atoms. The number of hydrogen-bond donors (Lipinski definition) is 1. The van der Waals surface area contributed by atoms with Crippen LogP contribution in [0.4, 0.5) is 10.5 Å². The Bertz CT molecular complexity index is 758. The molecular weight excluding hydrogens is 330 g/mol. The Labute approximate surface area is 153 Å². The molecular formula is C20H23N3O3. The molecule has 0 atom stereocenters. The molecule has 2 aliphatic heterocycles. The summed E-state index contributed by atoms with van der Waals surface area (Å²) in [5.74, 6) is 1.52. The van der Waals surface area contributed by atoms with Crippen molar-refractivity contribution in [2.45, 2.75) is 6.54 Å². The molecule has 0 aromatic heterocycles. The first kappa shape index (κ1) is 16.6. The van der Waals surface area contributed by atoms with Crippen LogP contribution in [0.2, 0.25) is 0 Å². The molecule has 1 fully saturated rings. The molecule has 2 aromatic rings. The molecule has 0 unspecified atom stereocenters. The van der Waals surface area contributed by atoms with E-state index in [0.717, 1.165) is 43.2 Å². The predicted octanol–water partition coefficient (Wildman–Crippen LogP) is 2.49. The Hall–Kier alpha value is -2.89. The normalized spacial score (nSPS) is 16.3. The van der Waals surface area contributed by atoms with E-state index in [0.29, 0.717) is 19.8 Å². The lowest BCUT2D eigenvalue weighted by molar-refractivity contribution is 0.171. The first-order chi connectivity index (χ1) is 12.8. The molecule has 2 aromatic carbocycles. The number of piperazine rings is 1. The quantitative estimate of drug-likeness (QED) is 0.921. The van der Waals surface area contributed by atoms with Crippen molar-refractivity contribution in [2.24, 2.45) is 0 Å². The Balaban J connectivity index is 1.28. The van der Waals surface area contributed by atoms with Crippen molar-refractivity contribution in [1.82, 2.24) is 10.2 Å². The highest BCUT2D eigenvalue weighted by Crippen LogP contribution is 2.30. The number of anilines is 1. The van der Waals surface area contributed by atoms with E-state index in [1.807, 2.05) is 41.3 Å². The fourth-order valence-electron chi connectivity index (χ4n) is 3.29. The average Bonchev–Trinajstić information content (AvgIpc) is 2.72. The van der Waals surface area contributed by atoms with Crippen LogP contribution in [0.5, 0.6) is 11.5 Å². The van der Waals surface area contributed by atoms with Gasteiger partial charge in [0.2, 0.25) is 0 Å². The lowest BCUT2D eigenvalue weighted by atomic mass is 10.2. The summed E-state index contributed by atoms with van der Waals surface area (Å²) in [5, 5.41) is 3.00. The van der Waals surface area contributed by atoms with Gasteiger partial charge in [0.1, 0.15) is 13.2 Å². The van der Waals surface area contributed by atoms with Crippen LogP contribution in [0.3, 0.4) is 0 Å². The highest BCUT2D eigenvalue weighted by Gasteiger charge is 2.21. The third-order valence-electron chi connectivity index (χ3n) is 4.74. The lowest BCUT2D eigenvalue weighted by Crippen LogP contribution is -2.51. The number of para-hydroxylation sites is 1. The van der Waals surface area contributed by atoms with Crippen LogP contribution in [0.1, 0.15) is 5.56 Å². The van der Waals surface area contributed by atoms with E-state index in [2.05, 4.69) is 22.3 Å². The molecule has 2 heterocycles. The van der Waals surface area contributed by atoms with E-state index in [1.165, 1.54) is 5.69 Å². The molecule has 26 heavy (non-hydrogen) atoms. The minimum Gasteiger partial charge on any atom is -0.486 e. The molecule has 0 aliphatic carbocycles. The number of nitrogens with one attached hydrogen (secondary N) is 1. The molecule has 1 saturated heterocycles. The number of fused-ring (bicyclic) bond motifs is 1. The molecule has 4 rings (SSSR count). The highest BCUT2D eigenvalue weighted by atomic mass is 16.6. The van der Waals surface area contributed by atoms with E-state index < -0.39 is 0 Å². The second kappa shape index (κ2) is 7.56. The molecule has 6 heteroatoms. The zero-order chi connectivity index (χ0) is 17.8. The van der Waals surface area contributed by atoms with Crippen molar-refractivity contribution in [2.75, 3.05) is 44.3 Å². The Morgan fingerprint density at radius 1 is 0.923 bits per heavy atom. The van der Waals surface area contributed by atoms with Crippen molar-refractivity contribution < 1.29 is 14.3 Å². The third kappa shape index (κ3) is 3.69. The van der Waals surface area contributed by atoms with E-state index in [9.17, 15) is 4.79 Å². The summed E-state index contributed by atoms with van der Waals surface area (Å²) in [7, 11) is 0. The van der Waals surface area contributed by atoms with Gasteiger partial charge in [-0.25, -0.2) is 4.79 Å². The van der Waals surface area contributed by atoms with Gasteiger partial charge in [-0.15, -0.1) is 0 Å². The number of amides is 2. The van der Waals surface area contributed by atoms with Gasteiger partial charge in [0.25, 0.3) is 0 Å². The summed E-state index contributed by atoms with van der Waals surface area (Å²) in [5.41, 5.74) is 2.22. The second-order valence-corrected chi connectivity index (χ2v) is 6.45. The maximum absolute atomic E-state index is 12.4. The van der Waals surface area contributed by atoms with Crippen molar-refractivity contribution in [3.8, 4) is 11.5 Å². The first-order valence-corrected chi connectivity index (χ1v) is 9.01. The fraction of sp³-hybridized carbons (Fsp3) is 0.350. The molecule has 0 spiro atoms. The van der Waals surface area contributed by atoms with Gasteiger partial charge >= 0.3 is 6.03 Å². The van der Waals surface area contributed by atoms with Gasteiger partial charge in [-0.05, 0) is 29.8 Å². The van der Waals surface area contributed by atoms with Crippen molar-refractivity contribution in [3.05, 3.63) is 54.1 Å². The number of rotatable bonds is 3. The number of carbonyl (C=O) groups is 1. The number of ether oxygens (including phenoxy) is 2. The number of urea groups is 1. The Morgan fingerprint density at radius 3 is 2.42 bits per heavy atom. The zero-order valence-corrected chi connectivity index (χ0v) is 14.7. The molecule has 0 radical (unpaired) electrons. The van der Waals surface area contributed by atoms with Crippen LogP contribution in [-0.2, 0) is 6.54 Å². The number of hydrogen-bond acceptors (Lipinski definition) is 4. The second-order valence-electron chi connectivity index (χ2n) is 6.45. The van der Waals surface area contributed by atoms with Crippen LogP contribution < -0.4 is 19.7 Å². The SMILES string of the molecule is O=C(NCc1ccc2c(c1)OCCO2)N1CCN(c2ccccc2)CC1. The smallest absolute Gasteiger partial charge is 0.317 e. The summed E-state index contributed by atoms with van der Waals surface area (Å²) in [6.45, 7) is 4.77. The highest BCUT2D eigenvalue weighted by molar-refractivity contribution is 5.74. The maximum Gasteiger partial charge on any atom is 0.317 e. The minimum absolute atomic E-state index is 0.0207. The summed E-state index contributed by atoms with van der Waals surface area (Å²) in [4.78, 5) is 16.6. The molecule has 136 valence electrons. The summed E-state index contributed by atoms with van der Waals surface area (Å²) in [6.07, 6.45) is 0. The van der Waals surface area contributed by atoms with E-state index in [4.69, 9.17) is 9.47 Å². The number of carbonyl (C=O) groups excluding carboxylic acids is 1. The number of benzene rings is 2. The average molecular weight is 353 g/mol. The summed E-state index contributed by atoms with van der Waals surface area (Å²) < 4.78 is 11.1. The van der Waals surface area contributed by atoms with Gasteiger partial charge < -0.3 is 24.6 Å². The monoisotopic (exact) mass is 353 g/mol. The third-order valence-corrected chi connectivity index (χ3v) is 4.74. The largest absolute Gasteiger partial charge is 0.486 e. The van der Waals surface area contributed by atoms with Gasteiger partial charge in [0, 0.05) is 38.4 Å². The first-order valence-electron chi connectivity index (χ1n) is 9.01.